The van der Waals surface area contributed by atoms with E-state index in [2.05, 4.69) is 20.2 Å². The Morgan fingerprint density at radius 2 is 2.12 bits per heavy atom. The lowest BCUT2D eigenvalue weighted by Gasteiger charge is -2.30. The Bertz CT molecular complexity index is 994. The number of para-hydroxylation sites is 1. The molecule has 0 radical (unpaired) electrons. The number of aromatic amines is 1. The summed E-state index contributed by atoms with van der Waals surface area (Å²) < 4.78 is 51.6. The summed E-state index contributed by atoms with van der Waals surface area (Å²) in [6, 6.07) is 4.12. The molecule has 3 fully saturated rings. The van der Waals surface area contributed by atoms with Gasteiger partial charge in [-0.15, -0.1) is 0 Å². The second kappa shape index (κ2) is 8.88. The van der Waals surface area contributed by atoms with Crippen LogP contribution in [0.5, 0.6) is 0 Å². The molecule has 180 valence electrons. The highest BCUT2D eigenvalue weighted by molar-refractivity contribution is 5.82. The molecule has 33 heavy (non-hydrogen) atoms. The fraction of sp³-hybridized carbons (Fsp3) is 0.652. The lowest BCUT2D eigenvalue weighted by atomic mass is 9.94. The number of imidazole rings is 1. The normalized spacial score (nSPS) is 29.1. The molecule has 3 saturated heterocycles. The molecule has 0 saturated carbocycles. The second-order valence-corrected chi connectivity index (χ2v) is 9.32. The molecule has 0 bridgehead atoms. The molecule has 1 aromatic carbocycles. The molecule has 0 aliphatic carbocycles. The Kier molecular flexibility index (Phi) is 6.09. The lowest BCUT2D eigenvalue weighted by molar-refractivity contribution is -0.136. The van der Waals surface area contributed by atoms with Crippen molar-refractivity contribution in [3.8, 4) is 0 Å². The van der Waals surface area contributed by atoms with Crippen molar-refractivity contribution in [3.05, 3.63) is 29.6 Å². The van der Waals surface area contributed by atoms with E-state index < -0.39 is 17.3 Å². The van der Waals surface area contributed by atoms with Crippen LogP contribution in [0.4, 0.5) is 13.2 Å². The topological polar surface area (TPSA) is 79.5 Å². The van der Waals surface area contributed by atoms with Gasteiger partial charge in [0.15, 0.2) is 0 Å². The van der Waals surface area contributed by atoms with E-state index in [4.69, 9.17) is 9.47 Å². The summed E-state index contributed by atoms with van der Waals surface area (Å²) in [5.74, 6) is -0.0510. The minimum atomic E-state index is -4.50. The molecule has 4 heterocycles. The van der Waals surface area contributed by atoms with Gasteiger partial charge in [0, 0.05) is 39.0 Å². The number of hydrogen-bond acceptors (Lipinski definition) is 5. The van der Waals surface area contributed by atoms with Crippen molar-refractivity contribution < 1.29 is 27.4 Å². The van der Waals surface area contributed by atoms with Crippen molar-refractivity contribution in [3.63, 3.8) is 0 Å². The molecule has 10 heteroatoms. The van der Waals surface area contributed by atoms with E-state index in [0.29, 0.717) is 19.2 Å². The van der Waals surface area contributed by atoms with Gasteiger partial charge in [-0.3, -0.25) is 9.69 Å². The standard InChI is InChI=1S/C23H29F3N4O3/c24-23(25,26)16-5-1-6-17-21(16)29-19(27-17)12-20(31)28-18-13-30(14-22(18)8-3-10-33-22)15-4-2-9-32-11-7-15/h1,5-6,15,18H,2-4,7-14H2,(H,27,29)(H,28,31)/t15?,18?,22-/m0/s1. The summed E-state index contributed by atoms with van der Waals surface area (Å²) in [5, 5.41) is 3.11. The summed E-state index contributed by atoms with van der Waals surface area (Å²) in [7, 11) is 0. The van der Waals surface area contributed by atoms with Crippen LogP contribution in [0.15, 0.2) is 18.2 Å². The molecule has 2 N–H and O–H groups in total. The maximum atomic E-state index is 13.3. The molecule has 1 amide bonds. The Hall–Kier alpha value is -2.17. The van der Waals surface area contributed by atoms with Crippen LogP contribution in [-0.2, 0) is 26.9 Å². The van der Waals surface area contributed by atoms with Crippen molar-refractivity contribution in [2.45, 2.75) is 62.4 Å². The van der Waals surface area contributed by atoms with E-state index in [1.54, 1.807) is 0 Å². The molecular weight excluding hydrogens is 437 g/mol. The number of fused-ring (bicyclic) bond motifs is 1. The predicted octanol–water partition coefficient (Wildman–Crippen LogP) is 3.04. The number of nitrogens with one attached hydrogen (secondary N) is 2. The van der Waals surface area contributed by atoms with Crippen LogP contribution in [0.1, 0.15) is 43.5 Å². The molecule has 1 spiro atoms. The van der Waals surface area contributed by atoms with Gasteiger partial charge in [0.1, 0.15) is 16.9 Å². The number of alkyl halides is 3. The minimum Gasteiger partial charge on any atom is -0.381 e. The molecule has 2 unspecified atom stereocenters. The highest BCUT2D eigenvalue weighted by atomic mass is 19.4. The smallest absolute Gasteiger partial charge is 0.381 e. The summed E-state index contributed by atoms with van der Waals surface area (Å²) in [4.78, 5) is 22.3. The van der Waals surface area contributed by atoms with E-state index in [1.165, 1.54) is 12.1 Å². The van der Waals surface area contributed by atoms with Crippen molar-refractivity contribution in [2.75, 3.05) is 32.9 Å². The van der Waals surface area contributed by atoms with E-state index in [0.717, 1.165) is 57.9 Å². The zero-order valence-electron chi connectivity index (χ0n) is 18.4. The van der Waals surface area contributed by atoms with Crippen LogP contribution in [0, 0.1) is 0 Å². The number of halogens is 3. The first-order valence-electron chi connectivity index (χ1n) is 11.6. The number of carbonyl (C=O) groups is 1. The first-order chi connectivity index (χ1) is 15.8. The second-order valence-electron chi connectivity index (χ2n) is 9.32. The highest BCUT2D eigenvalue weighted by Crippen LogP contribution is 2.38. The SMILES string of the molecule is O=C(Cc1nc2c(C(F)(F)F)cccc2[nH]1)NC1CN(C2CCCOCC2)C[C@@]12CCCO2. The van der Waals surface area contributed by atoms with Gasteiger partial charge in [-0.25, -0.2) is 4.98 Å². The van der Waals surface area contributed by atoms with Gasteiger partial charge in [-0.1, -0.05) is 6.07 Å². The van der Waals surface area contributed by atoms with E-state index in [-0.39, 0.29) is 35.2 Å². The number of carbonyl (C=O) groups excluding carboxylic acids is 1. The molecule has 3 aliphatic heterocycles. The molecule has 3 atom stereocenters. The van der Waals surface area contributed by atoms with Crippen molar-refractivity contribution in [2.24, 2.45) is 0 Å². The van der Waals surface area contributed by atoms with Crippen LogP contribution >= 0.6 is 0 Å². The number of H-pyrrole nitrogens is 1. The van der Waals surface area contributed by atoms with Gasteiger partial charge in [0.2, 0.25) is 5.91 Å². The third-order valence-electron chi connectivity index (χ3n) is 7.12. The Balaban J connectivity index is 1.29. The molecule has 2 aromatic rings. The van der Waals surface area contributed by atoms with Crippen molar-refractivity contribution in [1.29, 1.82) is 0 Å². The van der Waals surface area contributed by atoms with Gasteiger partial charge in [-0.05, 0) is 44.2 Å². The first kappa shape index (κ1) is 22.6. The maximum Gasteiger partial charge on any atom is 0.418 e. The average molecular weight is 467 g/mol. The third kappa shape index (κ3) is 4.61. The van der Waals surface area contributed by atoms with Gasteiger partial charge < -0.3 is 19.8 Å². The number of aromatic nitrogens is 2. The van der Waals surface area contributed by atoms with E-state index >= 15 is 0 Å². The molecular formula is C23H29F3N4O3. The number of hydrogen-bond donors (Lipinski definition) is 2. The monoisotopic (exact) mass is 466 g/mol. The number of nitrogens with zero attached hydrogens (tertiary/aromatic N) is 2. The van der Waals surface area contributed by atoms with E-state index in [9.17, 15) is 18.0 Å². The van der Waals surface area contributed by atoms with E-state index in [1.807, 2.05) is 0 Å². The Morgan fingerprint density at radius 1 is 1.24 bits per heavy atom. The van der Waals surface area contributed by atoms with Crippen LogP contribution in [0.3, 0.4) is 0 Å². The number of amides is 1. The highest BCUT2D eigenvalue weighted by Gasteiger charge is 2.51. The zero-order chi connectivity index (χ0) is 23.1. The van der Waals surface area contributed by atoms with Crippen LogP contribution in [0.25, 0.3) is 11.0 Å². The number of benzene rings is 1. The van der Waals surface area contributed by atoms with Gasteiger partial charge in [0.25, 0.3) is 0 Å². The largest absolute Gasteiger partial charge is 0.418 e. The Labute approximate surface area is 190 Å². The number of rotatable bonds is 4. The number of ether oxygens (including phenoxy) is 2. The lowest BCUT2D eigenvalue weighted by Crippen LogP contribution is -2.52. The zero-order valence-corrected chi connectivity index (χ0v) is 18.4. The van der Waals surface area contributed by atoms with Crippen LogP contribution < -0.4 is 5.32 Å². The molecule has 5 rings (SSSR count). The summed E-state index contributed by atoms with van der Waals surface area (Å²) in [6.45, 7) is 3.70. The van der Waals surface area contributed by atoms with Gasteiger partial charge in [0.05, 0.1) is 23.5 Å². The van der Waals surface area contributed by atoms with Crippen LogP contribution in [0.2, 0.25) is 0 Å². The van der Waals surface area contributed by atoms with Gasteiger partial charge in [-0.2, -0.15) is 13.2 Å². The quantitative estimate of drug-likeness (QED) is 0.724. The molecule has 3 aliphatic rings. The van der Waals surface area contributed by atoms with Crippen molar-refractivity contribution >= 4 is 16.9 Å². The van der Waals surface area contributed by atoms with Crippen LogP contribution in [-0.4, -0.2) is 71.4 Å². The number of likely N-dealkylation sites (tertiary alicyclic amines) is 1. The fourth-order valence-electron chi connectivity index (χ4n) is 5.54. The maximum absolute atomic E-state index is 13.3. The summed E-state index contributed by atoms with van der Waals surface area (Å²) in [6.07, 6.45) is 0.286. The summed E-state index contributed by atoms with van der Waals surface area (Å²) in [5.41, 5.74) is -1.10. The predicted molar refractivity (Wildman–Crippen MR) is 115 cm³/mol. The summed E-state index contributed by atoms with van der Waals surface area (Å²) >= 11 is 0. The molecule has 1 aromatic heterocycles. The third-order valence-corrected chi connectivity index (χ3v) is 7.12. The average Bonchev–Trinajstić information content (AvgIpc) is 3.41. The molecule has 7 nitrogen and oxygen atoms in total. The minimum absolute atomic E-state index is 0.115. The van der Waals surface area contributed by atoms with Crippen molar-refractivity contribution in [1.82, 2.24) is 20.2 Å². The first-order valence-corrected chi connectivity index (χ1v) is 11.6. The fourth-order valence-corrected chi connectivity index (χ4v) is 5.54. The van der Waals surface area contributed by atoms with Gasteiger partial charge >= 0.3 is 6.18 Å². The Morgan fingerprint density at radius 3 is 2.91 bits per heavy atom.